The molecule has 2 aromatic carbocycles. The highest BCUT2D eigenvalue weighted by molar-refractivity contribution is 5.44. The van der Waals surface area contributed by atoms with E-state index in [2.05, 4.69) is 36.5 Å². The Labute approximate surface area is 109 Å². The lowest BCUT2D eigenvalue weighted by atomic mass is 10.1. The predicted molar refractivity (Wildman–Crippen MR) is 76.2 cm³/mol. The van der Waals surface area contributed by atoms with Crippen LogP contribution in [0, 0.1) is 0 Å². The Hall–Kier alpha value is -1.96. The molecule has 0 radical (unpaired) electrons. The number of para-hydroxylation sites is 1. The normalized spacial score (nSPS) is 10.1. The van der Waals surface area contributed by atoms with Crippen molar-refractivity contribution in [3.8, 4) is 5.75 Å². The fraction of sp³-hybridized carbons (Fsp3) is 0.250. The van der Waals surface area contributed by atoms with E-state index in [4.69, 9.17) is 4.74 Å². The van der Waals surface area contributed by atoms with Crippen molar-refractivity contribution in [2.24, 2.45) is 0 Å². The molecule has 0 unspecified atom stereocenters. The number of hydrogen-bond donors (Lipinski definition) is 1. The zero-order valence-electron chi connectivity index (χ0n) is 10.7. The predicted octanol–water partition coefficient (Wildman–Crippen LogP) is 3.74. The lowest BCUT2D eigenvalue weighted by molar-refractivity contribution is 0.333. The van der Waals surface area contributed by atoms with Crippen LogP contribution in [0.1, 0.15) is 12.5 Å². The topological polar surface area (TPSA) is 21.3 Å². The summed E-state index contributed by atoms with van der Waals surface area (Å²) in [5.74, 6) is 0.917. The van der Waals surface area contributed by atoms with Gasteiger partial charge in [-0.1, -0.05) is 37.3 Å². The average molecular weight is 241 g/mol. The highest BCUT2D eigenvalue weighted by atomic mass is 16.5. The molecule has 0 aromatic heterocycles. The van der Waals surface area contributed by atoms with E-state index in [0.29, 0.717) is 6.61 Å². The van der Waals surface area contributed by atoms with Gasteiger partial charge in [0.05, 0.1) is 0 Å². The summed E-state index contributed by atoms with van der Waals surface area (Å²) in [7, 11) is 0. The second-order valence-electron chi connectivity index (χ2n) is 4.14. The van der Waals surface area contributed by atoms with Gasteiger partial charge in [-0.25, -0.2) is 0 Å². The minimum absolute atomic E-state index is 0.666. The van der Waals surface area contributed by atoms with Crippen molar-refractivity contribution in [2.45, 2.75) is 13.3 Å². The molecule has 2 nitrogen and oxygen atoms in total. The van der Waals surface area contributed by atoms with E-state index < -0.39 is 0 Å². The SMILES string of the molecule is CCc1ccc(NCCOc2ccccc2)cc1. The molecule has 1 N–H and O–H groups in total. The van der Waals surface area contributed by atoms with Crippen molar-refractivity contribution in [1.29, 1.82) is 0 Å². The maximum absolute atomic E-state index is 5.61. The van der Waals surface area contributed by atoms with E-state index in [9.17, 15) is 0 Å². The number of rotatable bonds is 6. The maximum Gasteiger partial charge on any atom is 0.119 e. The van der Waals surface area contributed by atoms with Crippen molar-refractivity contribution in [3.05, 3.63) is 60.2 Å². The summed E-state index contributed by atoms with van der Waals surface area (Å²) in [6.45, 7) is 3.63. The van der Waals surface area contributed by atoms with Gasteiger partial charge in [0.25, 0.3) is 0 Å². The fourth-order valence-corrected chi connectivity index (χ4v) is 1.74. The molecule has 0 aliphatic carbocycles. The first-order valence-electron chi connectivity index (χ1n) is 6.39. The number of hydrogen-bond acceptors (Lipinski definition) is 2. The average Bonchev–Trinajstić information content (AvgIpc) is 2.45. The number of nitrogens with one attached hydrogen (secondary N) is 1. The van der Waals surface area contributed by atoms with Crippen LogP contribution < -0.4 is 10.1 Å². The Balaban J connectivity index is 1.72. The second-order valence-corrected chi connectivity index (χ2v) is 4.14. The zero-order valence-corrected chi connectivity index (χ0v) is 10.7. The molecule has 0 saturated carbocycles. The molecule has 0 heterocycles. The van der Waals surface area contributed by atoms with Crippen molar-refractivity contribution in [2.75, 3.05) is 18.5 Å². The highest BCUT2D eigenvalue weighted by Crippen LogP contribution is 2.10. The van der Waals surface area contributed by atoms with E-state index in [1.54, 1.807) is 0 Å². The Morgan fingerprint density at radius 1 is 0.944 bits per heavy atom. The largest absolute Gasteiger partial charge is 0.492 e. The van der Waals surface area contributed by atoms with Crippen LogP contribution in [0.2, 0.25) is 0 Å². The molecule has 18 heavy (non-hydrogen) atoms. The quantitative estimate of drug-likeness (QED) is 0.778. The summed E-state index contributed by atoms with van der Waals surface area (Å²) in [5.41, 5.74) is 2.50. The zero-order chi connectivity index (χ0) is 12.6. The molecular formula is C16H19NO. The lowest BCUT2D eigenvalue weighted by Crippen LogP contribution is -2.11. The standard InChI is InChI=1S/C16H19NO/c1-2-14-8-10-15(11-9-14)17-12-13-18-16-6-4-3-5-7-16/h3-11,17H,2,12-13H2,1H3. The molecule has 0 aliphatic rings. The summed E-state index contributed by atoms with van der Waals surface area (Å²) in [6.07, 6.45) is 1.08. The smallest absolute Gasteiger partial charge is 0.119 e. The van der Waals surface area contributed by atoms with Gasteiger partial charge in [0.15, 0.2) is 0 Å². The first kappa shape index (κ1) is 12.5. The molecule has 2 rings (SSSR count). The minimum atomic E-state index is 0.666. The van der Waals surface area contributed by atoms with Crippen LogP contribution in [-0.2, 0) is 6.42 Å². The van der Waals surface area contributed by atoms with Gasteiger partial charge in [-0.3, -0.25) is 0 Å². The minimum Gasteiger partial charge on any atom is -0.492 e. The summed E-state index contributed by atoms with van der Waals surface area (Å²) < 4.78 is 5.61. The lowest BCUT2D eigenvalue weighted by Gasteiger charge is -2.08. The maximum atomic E-state index is 5.61. The Morgan fingerprint density at radius 2 is 1.67 bits per heavy atom. The van der Waals surface area contributed by atoms with Crippen LogP contribution in [0.3, 0.4) is 0 Å². The summed E-state index contributed by atoms with van der Waals surface area (Å²) >= 11 is 0. The molecule has 0 amide bonds. The van der Waals surface area contributed by atoms with Crippen LogP contribution in [0.25, 0.3) is 0 Å². The van der Waals surface area contributed by atoms with Crippen LogP contribution >= 0.6 is 0 Å². The third-order valence-electron chi connectivity index (χ3n) is 2.81. The van der Waals surface area contributed by atoms with Gasteiger partial charge in [-0.15, -0.1) is 0 Å². The molecule has 2 heteroatoms. The third-order valence-corrected chi connectivity index (χ3v) is 2.81. The Bertz CT molecular complexity index is 450. The summed E-state index contributed by atoms with van der Waals surface area (Å²) in [5, 5.41) is 3.34. The third kappa shape index (κ3) is 3.81. The molecule has 0 saturated heterocycles. The van der Waals surface area contributed by atoms with Gasteiger partial charge in [-0.2, -0.15) is 0 Å². The second kappa shape index (κ2) is 6.70. The molecule has 0 bridgehead atoms. The molecule has 2 aromatic rings. The Kier molecular flexibility index (Phi) is 4.65. The molecule has 0 fully saturated rings. The Morgan fingerprint density at radius 3 is 2.33 bits per heavy atom. The van der Waals surface area contributed by atoms with E-state index in [1.165, 1.54) is 5.56 Å². The van der Waals surface area contributed by atoms with Gasteiger partial charge in [-0.05, 0) is 36.2 Å². The van der Waals surface area contributed by atoms with Gasteiger partial charge in [0, 0.05) is 12.2 Å². The van der Waals surface area contributed by atoms with Crippen LogP contribution in [-0.4, -0.2) is 13.2 Å². The van der Waals surface area contributed by atoms with E-state index in [0.717, 1.165) is 24.4 Å². The first-order chi connectivity index (χ1) is 8.88. The first-order valence-corrected chi connectivity index (χ1v) is 6.39. The molecule has 0 spiro atoms. The van der Waals surface area contributed by atoms with Crippen molar-refractivity contribution >= 4 is 5.69 Å². The van der Waals surface area contributed by atoms with Crippen molar-refractivity contribution in [3.63, 3.8) is 0 Å². The number of ether oxygens (including phenoxy) is 1. The van der Waals surface area contributed by atoms with Gasteiger partial charge < -0.3 is 10.1 Å². The van der Waals surface area contributed by atoms with E-state index >= 15 is 0 Å². The van der Waals surface area contributed by atoms with Gasteiger partial charge >= 0.3 is 0 Å². The van der Waals surface area contributed by atoms with Crippen LogP contribution in [0.4, 0.5) is 5.69 Å². The molecule has 0 aliphatic heterocycles. The number of anilines is 1. The highest BCUT2D eigenvalue weighted by Gasteiger charge is 1.94. The fourth-order valence-electron chi connectivity index (χ4n) is 1.74. The molecule has 0 atom stereocenters. The molecule has 94 valence electrons. The van der Waals surface area contributed by atoms with Gasteiger partial charge in [0.1, 0.15) is 12.4 Å². The summed E-state index contributed by atoms with van der Waals surface area (Å²) in [4.78, 5) is 0. The number of benzene rings is 2. The van der Waals surface area contributed by atoms with E-state index in [1.807, 2.05) is 30.3 Å². The monoisotopic (exact) mass is 241 g/mol. The van der Waals surface area contributed by atoms with Crippen molar-refractivity contribution in [1.82, 2.24) is 0 Å². The van der Waals surface area contributed by atoms with Crippen molar-refractivity contribution < 1.29 is 4.74 Å². The van der Waals surface area contributed by atoms with E-state index in [-0.39, 0.29) is 0 Å². The van der Waals surface area contributed by atoms with Gasteiger partial charge in [0.2, 0.25) is 0 Å². The summed E-state index contributed by atoms with van der Waals surface area (Å²) in [6, 6.07) is 18.4. The number of aryl methyl sites for hydroxylation is 1. The van der Waals surface area contributed by atoms with Crippen LogP contribution in [0.5, 0.6) is 5.75 Å². The van der Waals surface area contributed by atoms with Crippen LogP contribution in [0.15, 0.2) is 54.6 Å². The molecular weight excluding hydrogens is 222 g/mol.